The van der Waals surface area contributed by atoms with Crippen LogP contribution >= 0.6 is 0 Å². The summed E-state index contributed by atoms with van der Waals surface area (Å²) in [4.78, 5) is 0. The first-order valence-corrected chi connectivity index (χ1v) is 14.7. The SMILES string of the molecule is C=C(C)OC1CCC2(C)C(CCC3(C)C4CCC5(CO)CCCC5C4CCC23)C1.C=CC.CC. The number of ether oxygens (including phenoxy) is 1. The molecule has 0 aromatic carbocycles. The van der Waals surface area contributed by atoms with Crippen LogP contribution in [-0.4, -0.2) is 17.8 Å². The Labute approximate surface area is 212 Å². The zero-order chi connectivity index (χ0) is 25.1. The number of allylic oxidation sites excluding steroid dienone is 2. The van der Waals surface area contributed by atoms with Crippen molar-refractivity contribution in [1.82, 2.24) is 0 Å². The highest BCUT2D eigenvalue weighted by molar-refractivity contribution is 5.13. The molecule has 5 aliphatic carbocycles. The van der Waals surface area contributed by atoms with Gasteiger partial charge in [-0.05, 0) is 130 Å². The predicted molar refractivity (Wildman–Crippen MR) is 145 cm³/mol. The van der Waals surface area contributed by atoms with Crippen molar-refractivity contribution in [2.24, 2.45) is 45.8 Å². The second-order valence-electron chi connectivity index (χ2n) is 12.8. The largest absolute Gasteiger partial charge is 0.496 e. The molecule has 0 aromatic heterocycles. The zero-order valence-corrected chi connectivity index (χ0v) is 23.5. The third-order valence-corrected chi connectivity index (χ3v) is 11.4. The van der Waals surface area contributed by atoms with E-state index < -0.39 is 0 Å². The predicted octanol–water partition coefficient (Wildman–Crippen LogP) is 8.95. The van der Waals surface area contributed by atoms with Gasteiger partial charge in [0, 0.05) is 6.61 Å². The highest BCUT2D eigenvalue weighted by Gasteiger charge is 2.63. The molecule has 196 valence electrons. The fourth-order valence-corrected chi connectivity index (χ4v) is 10.1. The standard InChI is InChI=1S/C27H44O2.C3H6.C2H6/c1-18(2)29-20-10-14-25(3)19(16-20)9-13-26(4)22-11-15-27(17-28)12-5-6-23(27)21(22)7-8-24(25)26;1-3-2;1-2/h19-24,28H,1,5-17H2,2-4H3;3H,1H2,2H3;1-2H3. The highest BCUT2D eigenvalue weighted by atomic mass is 16.5. The van der Waals surface area contributed by atoms with E-state index in [0.29, 0.717) is 29.0 Å². The van der Waals surface area contributed by atoms with Crippen molar-refractivity contribution in [1.29, 1.82) is 0 Å². The fourth-order valence-electron chi connectivity index (χ4n) is 10.1. The van der Waals surface area contributed by atoms with Gasteiger partial charge in [-0.15, -0.1) is 6.58 Å². The summed E-state index contributed by atoms with van der Waals surface area (Å²) in [7, 11) is 0. The zero-order valence-electron chi connectivity index (χ0n) is 23.5. The Balaban J connectivity index is 0.000000603. The summed E-state index contributed by atoms with van der Waals surface area (Å²) in [6.07, 6.45) is 18.4. The summed E-state index contributed by atoms with van der Waals surface area (Å²) >= 11 is 0. The molecule has 9 unspecified atom stereocenters. The Morgan fingerprint density at radius 2 is 1.62 bits per heavy atom. The summed E-state index contributed by atoms with van der Waals surface area (Å²) in [6.45, 7) is 21.1. The number of fused-ring (bicyclic) bond motifs is 7. The van der Waals surface area contributed by atoms with Crippen LogP contribution in [0.3, 0.4) is 0 Å². The topological polar surface area (TPSA) is 29.5 Å². The van der Waals surface area contributed by atoms with E-state index in [1.54, 1.807) is 6.08 Å². The summed E-state index contributed by atoms with van der Waals surface area (Å²) in [5, 5.41) is 10.3. The first-order valence-electron chi connectivity index (χ1n) is 14.7. The van der Waals surface area contributed by atoms with Gasteiger partial charge in [-0.1, -0.05) is 46.8 Å². The third-order valence-electron chi connectivity index (χ3n) is 11.4. The van der Waals surface area contributed by atoms with E-state index in [9.17, 15) is 5.11 Å². The lowest BCUT2D eigenvalue weighted by molar-refractivity contribution is -0.186. The van der Waals surface area contributed by atoms with Crippen molar-refractivity contribution in [3.05, 3.63) is 25.0 Å². The minimum Gasteiger partial charge on any atom is -0.496 e. The van der Waals surface area contributed by atoms with Crippen LogP contribution in [0.25, 0.3) is 0 Å². The minimum atomic E-state index is 0.295. The minimum absolute atomic E-state index is 0.295. The lowest BCUT2D eigenvalue weighted by atomic mass is 9.38. The molecule has 2 heteroatoms. The second kappa shape index (κ2) is 11.1. The van der Waals surface area contributed by atoms with Gasteiger partial charge in [0.1, 0.15) is 0 Å². The van der Waals surface area contributed by atoms with Gasteiger partial charge in [0.05, 0.1) is 11.9 Å². The number of aliphatic hydroxyl groups is 1. The monoisotopic (exact) mass is 472 g/mol. The van der Waals surface area contributed by atoms with Crippen LogP contribution in [-0.2, 0) is 4.74 Å². The molecule has 1 N–H and O–H groups in total. The molecule has 0 aliphatic heterocycles. The molecule has 0 bridgehead atoms. The molecule has 5 aliphatic rings. The van der Waals surface area contributed by atoms with Crippen LogP contribution in [0.15, 0.2) is 25.0 Å². The maximum Gasteiger partial charge on any atom is 0.0985 e. The first kappa shape index (κ1) is 27.8. The Morgan fingerprint density at radius 1 is 0.941 bits per heavy atom. The van der Waals surface area contributed by atoms with Crippen LogP contribution in [0, 0.1) is 45.8 Å². The quantitative estimate of drug-likeness (QED) is 0.328. The van der Waals surface area contributed by atoms with Gasteiger partial charge in [-0.25, -0.2) is 0 Å². The van der Waals surface area contributed by atoms with Crippen molar-refractivity contribution in [3.63, 3.8) is 0 Å². The summed E-state index contributed by atoms with van der Waals surface area (Å²) in [5.74, 6) is 5.24. The van der Waals surface area contributed by atoms with Crippen LogP contribution in [0.1, 0.15) is 119 Å². The van der Waals surface area contributed by atoms with Gasteiger partial charge >= 0.3 is 0 Å². The van der Waals surface area contributed by atoms with Gasteiger partial charge in [-0.3, -0.25) is 0 Å². The number of hydrogen-bond acceptors (Lipinski definition) is 2. The van der Waals surface area contributed by atoms with Gasteiger partial charge in [0.2, 0.25) is 0 Å². The molecular weight excluding hydrogens is 416 g/mol. The molecule has 0 aromatic rings. The Bertz CT molecular complexity index is 699. The highest BCUT2D eigenvalue weighted by Crippen LogP contribution is 2.71. The maximum absolute atomic E-state index is 10.3. The van der Waals surface area contributed by atoms with Crippen LogP contribution in [0.2, 0.25) is 0 Å². The van der Waals surface area contributed by atoms with Gasteiger partial charge in [0.25, 0.3) is 0 Å². The van der Waals surface area contributed by atoms with Gasteiger partial charge in [0.15, 0.2) is 0 Å². The number of hydrogen-bond donors (Lipinski definition) is 1. The van der Waals surface area contributed by atoms with Crippen molar-refractivity contribution in [2.45, 2.75) is 125 Å². The molecule has 0 radical (unpaired) electrons. The van der Waals surface area contributed by atoms with Crippen molar-refractivity contribution < 1.29 is 9.84 Å². The van der Waals surface area contributed by atoms with Gasteiger partial charge in [-0.2, -0.15) is 0 Å². The van der Waals surface area contributed by atoms with Crippen LogP contribution in [0.5, 0.6) is 0 Å². The third kappa shape index (κ3) is 4.67. The normalized spacial score (nSPS) is 46.6. The summed E-state index contributed by atoms with van der Waals surface area (Å²) in [5.41, 5.74) is 1.33. The van der Waals surface area contributed by atoms with Crippen molar-refractivity contribution in [3.8, 4) is 0 Å². The van der Waals surface area contributed by atoms with E-state index in [-0.39, 0.29) is 0 Å². The molecule has 0 amide bonds. The maximum atomic E-state index is 10.3. The Kier molecular flexibility index (Phi) is 9.08. The lowest BCUT2D eigenvalue weighted by Gasteiger charge is -2.67. The van der Waals surface area contributed by atoms with Crippen molar-refractivity contribution >= 4 is 0 Å². The second-order valence-corrected chi connectivity index (χ2v) is 12.8. The van der Waals surface area contributed by atoms with Gasteiger partial charge < -0.3 is 9.84 Å². The molecule has 5 fully saturated rings. The number of aliphatic hydroxyl groups excluding tert-OH is 1. The molecule has 0 heterocycles. The van der Waals surface area contributed by atoms with E-state index in [1.807, 2.05) is 27.7 Å². The van der Waals surface area contributed by atoms with E-state index in [0.717, 1.165) is 35.3 Å². The molecule has 5 saturated carbocycles. The average molecular weight is 473 g/mol. The van der Waals surface area contributed by atoms with E-state index in [2.05, 4.69) is 27.0 Å². The lowest BCUT2D eigenvalue weighted by Crippen LogP contribution is -2.60. The van der Waals surface area contributed by atoms with Crippen LogP contribution < -0.4 is 0 Å². The molecule has 0 spiro atoms. The molecule has 34 heavy (non-hydrogen) atoms. The molecular formula is C32H56O2. The van der Waals surface area contributed by atoms with E-state index in [1.165, 1.54) is 77.0 Å². The summed E-state index contributed by atoms with van der Waals surface area (Å²) < 4.78 is 6.08. The number of rotatable bonds is 3. The fraction of sp³-hybridized carbons (Fsp3) is 0.875. The van der Waals surface area contributed by atoms with E-state index in [4.69, 9.17) is 4.74 Å². The molecule has 2 nitrogen and oxygen atoms in total. The average Bonchev–Trinajstić information content (AvgIpc) is 3.26. The van der Waals surface area contributed by atoms with Crippen LogP contribution in [0.4, 0.5) is 0 Å². The van der Waals surface area contributed by atoms with Crippen molar-refractivity contribution in [2.75, 3.05) is 6.61 Å². The Morgan fingerprint density at radius 3 is 2.26 bits per heavy atom. The molecule has 0 saturated heterocycles. The smallest absolute Gasteiger partial charge is 0.0985 e. The Hall–Kier alpha value is -0.760. The molecule has 9 atom stereocenters. The summed E-state index contributed by atoms with van der Waals surface area (Å²) in [6, 6.07) is 0. The molecule has 5 rings (SSSR count). The first-order chi connectivity index (χ1) is 16.2. The van der Waals surface area contributed by atoms with E-state index >= 15 is 0 Å².